The summed E-state index contributed by atoms with van der Waals surface area (Å²) in [4.78, 5) is 0. The Labute approximate surface area is 254 Å². The summed E-state index contributed by atoms with van der Waals surface area (Å²) in [5.41, 5.74) is 2.48. The number of rotatable bonds is 8. The lowest BCUT2D eigenvalue weighted by atomic mass is 9.74. The first-order valence-electron chi connectivity index (χ1n) is 15.5. The zero-order chi connectivity index (χ0) is 31.4. The Kier molecular flexibility index (Phi) is 10.3. The summed E-state index contributed by atoms with van der Waals surface area (Å²) in [6.45, 7) is 1.57. The highest BCUT2D eigenvalue weighted by Gasteiger charge is 2.28. The van der Waals surface area contributed by atoms with Gasteiger partial charge in [-0.2, -0.15) is 0 Å². The first-order chi connectivity index (χ1) is 21.1. The Hall–Kier alpha value is -3.35. The minimum atomic E-state index is -1.45. The molecule has 0 aliphatic heterocycles. The van der Waals surface area contributed by atoms with Gasteiger partial charge < -0.3 is 0 Å². The molecule has 0 unspecified atom stereocenters. The van der Waals surface area contributed by atoms with Gasteiger partial charge in [-0.1, -0.05) is 30.3 Å². The van der Waals surface area contributed by atoms with Gasteiger partial charge in [0.2, 0.25) is 0 Å². The van der Waals surface area contributed by atoms with Crippen LogP contribution in [0.1, 0.15) is 110 Å². The second kappa shape index (κ2) is 14.2. The molecule has 0 N–H and O–H groups in total. The maximum Gasteiger partial charge on any atom is 0.194 e. The van der Waals surface area contributed by atoms with Crippen LogP contribution in [-0.4, -0.2) is 0 Å². The van der Waals surface area contributed by atoms with Gasteiger partial charge in [0.25, 0.3) is 0 Å². The van der Waals surface area contributed by atoms with Crippen molar-refractivity contribution in [1.82, 2.24) is 0 Å². The van der Waals surface area contributed by atoms with Gasteiger partial charge in [-0.25, -0.2) is 30.7 Å². The first kappa shape index (κ1) is 32.1. The van der Waals surface area contributed by atoms with Crippen molar-refractivity contribution in [3.63, 3.8) is 0 Å². The summed E-state index contributed by atoms with van der Waals surface area (Å²) in [6, 6.07) is 11.7. The smallest absolute Gasteiger partial charge is 0.194 e. The zero-order valence-corrected chi connectivity index (χ0v) is 24.8. The third-order valence-corrected chi connectivity index (χ3v) is 9.61. The van der Waals surface area contributed by atoms with Crippen molar-refractivity contribution >= 4 is 5.83 Å². The predicted molar refractivity (Wildman–Crippen MR) is 160 cm³/mol. The maximum atomic E-state index is 15.4. The van der Waals surface area contributed by atoms with E-state index in [0.29, 0.717) is 23.5 Å². The molecule has 0 spiro atoms. The summed E-state index contributed by atoms with van der Waals surface area (Å²) in [7, 11) is 0. The van der Waals surface area contributed by atoms with Gasteiger partial charge in [0.15, 0.2) is 29.1 Å². The molecule has 5 rings (SSSR count). The van der Waals surface area contributed by atoms with Gasteiger partial charge in [-0.3, -0.25) is 0 Å². The van der Waals surface area contributed by atoms with Crippen LogP contribution in [0.2, 0.25) is 0 Å². The molecule has 3 aromatic carbocycles. The molecule has 44 heavy (non-hydrogen) atoms. The molecule has 3 aromatic rings. The van der Waals surface area contributed by atoms with Gasteiger partial charge in [-0.05, 0) is 147 Å². The van der Waals surface area contributed by atoms with Gasteiger partial charge in [0.1, 0.15) is 11.6 Å². The molecule has 2 aliphatic carbocycles. The van der Waals surface area contributed by atoms with Crippen molar-refractivity contribution in [3.8, 4) is 0 Å². The van der Waals surface area contributed by atoms with E-state index in [1.54, 1.807) is 19.1 Å². The van der Waals surface area contributed by atoms with E-state index < -0.39 is 34.9 Å². The van der Waals surface area contributed by atoms with Crippen molar-refractivity contribution in [2.75, 3.05) is 0 Å². The zero-order valence-electron chi connectivity index (χ0n) is 24.8. The number of aryl methyl sites for hydroxylation is 1. The van der Waals surface area contributed by atoms with Gasteiger partial charge in [0, 0.05) is 5.56 Å². The minimum absolute atomic E-state index is 0.0341. The second-order valence-electron chi connectivity index (χ2n) is 12.4. The molecule has 0 aromatic heterocycles. The summed E-state index contributed by atoms with van der Waals surface area (Å²) >= 11 is 0. The molecule has 0 amide bonds. The topological polar surface area (TPSA) is 0 Å². The molecule has 0 nitrogen and oxygen atoms in total. The van der Waals surface area contributed by atoms with E-state index in [-0.39, 0.29) is 29.1 Å². The average Bonchev–Trinajstić information content (AvgIpc) is 3.02. The molecule has 2 aliphatic rings. The van der Waals surface area contributed by atoms with Gasteiger partial charge >= 0.3 is 0 Å². The predicted octanol–water partition coefficient (Wildman–Crippen LogP) is 11.9. The van der Waals surface area contributed by atoms with E-state index >= 15 is 4.39 Å². The lowest BCUT2D eigenvalue weighted by Crippen LogP contribution is -2.16. The van der Waals surface area contributed by atoms with Gasteiger partial charge in [0.05, 0.1) is 0 Å². The molecule has 7 heteroatoms. The van der Waals surface area contributed by atoms with Crippen LogP contribution in [0.5, 0.6) is 0 Å². The molecule has 0 saturated heterocycles. The fourth-order valence-corrected chi connectivity index (χ4v) is 7.10. The van der Waals surface area contributed by atoms with E-state index in [1.165, 1.54) is 12.1 Å². The highest BCUT2D eigenvalue weighted by molar-refractivity contribution is 5.63. The fraction of sp³-hybridized carbons (Fsp3) is 0.405. The number of hydrogen-bond acceptors (Lipinski definition) is 0. The van der Waals surface area contributed by atoms with Crippen LogP contribution < -0.4 is 0 Å². The van der Waals surface area contributed by atoms with Crippen molar-refractivity contribution in [3.05, 3.63) is 123 Å². The molecule has 2 saturated carbocycles. The number of benzene rings is 3. The van der Waals surface area contributed by atoms with Crippen LogP contribution in [0.25, 0.3) is 5.83 Å². The standard InChI is InChI=1S/C37H37F7/c1-2-3-31(38)36(43)28-15-17-30(33(40)21-28)26-12-10-24(11-13-26)27-14-16-29(32(39)20-27)25-8-6-22(7-9-25)4-5-23-18-34(41)37(44)35(42)19-23/h2-3,14-22,24-26H,4-13H2,1H3/b3-2+,36-31+. The first-order valence-corrected chi connectivity index (χ1v) is 15.5. The average molecular weight is 615 g/mol. The Morgan fingerprint density at radius 2 is 1.20 bits per heavy atom. The van der Waals surface area contributed by atoms with Crippen LogP contribution in [0, 0.1) is 35.0 Å². The number of halogens is 7. The molecule has 0 bridgehead atoms. The SMILES string of the molecule is C/C=C/C(F)=C(\F)c1ccc(C2CCC(c3ccc(C4CCC(CCc5cc(F)c(F)c(F)c5)CC4)c(F)c3)CC2)c(F)c1. The fourth-order valence-electron chi connectivity index (χ4n) is 7.10. The van der Waals surface area contributed by atoms with Crippen LogP contribution in [0.3, 0.4) is 0 Å². The molecular formula is C37H37F7. The molecule has 2 fully saturated rings. The quantitative estimate of drug-likeness (QED) is 0.135. The minimum Gasteiger partial charge on any atom is -0.207 e. The summed E-state index contributed by atoms with van der Waals surface area (Å²) in [5, 5.41) is 0. The number of hydrogen-bond donors (Lipinski definition) is 0. The Morgan fingerprint density at radius 3 is 1.77 bits per heavy atom. The normalized spacial score (nSPS) is 23.2. The number of allylic oxidation sites excluding steroid dienone is 3. The van der Waals surface area contributed by atoms with E-state index in [1.807, 2.05) is 12.1 Å². The van der Waals surface area contributed by atoms with E-state index in [2.05, 4.69) is 0 Å². The van der Waals surface area contributed by atoms with Crippen molar-refractivity contribution in [2.24, 2.45) is 5.92 Å². The molecule has 234 valence electrons. The summed E-state index contributed by atoms with van der Waals surface area (Å²) < 4.78 is 98.6. The second-order valence-corrected chi connectivity index (χ2v) is 12.4. The van der Waals surface area contributed by atoms with E-state index in [0.717, 1.165) is 93.2 Å². The molecular weight excluding hydrogens is 577 g/mol. The third-order valence-electron chi connectivity index (χ3n) is 9.61. The van der Waals surface area contributed by atoms with E-state index in [9.17, 15) is 26.3 Å². The largest absolute Gasteiger partial charge is 0.207 e. The van der Waals surface area contributed by atoms with Crippen molar-refractivity contribution < 1.29 is 30.7 Å². The van der Waals surface area contributed by atoms with Crippen LogP contribution in [-0.2, 0) is 6.42 Å². The van der Waals surface area contributed by atoms with Crippen LogP contribution >= 0.6 is 0 Å². The van der Waals surface area contributed by atoms with Crippen LogP contribution in [0.4, 0.5) is 30.7 Å². The summed E-state index contributed by atoms with van der Waals surface area (Å²) in [5.74, 6) is -6.03. The summed E-state index contributed by atoms with van der Waals surface area (Å²) in [6.07, 6.45) is 10.1. The Bertz CT molecular complexity index is 1500. The van der Waals surface area contributed by atoms with Crippen LogP contribution in [0.15, 0.2) is 66.5 Å². The van der Waals surface area contributed by atoms with E-state index in [4.69, 9.17) is 0 Å². The lowest BCUT2D eigenvalue weighted by Gasteiger charge is -2.31. The molecule has 0 heterocycles. The third kappa shape index (κ3) is 7.30. The Morgan fingerprint density at radius 1 is 0.659 bits per heavy atom. The van der Waals surface area contributed by atoms with Gasteiger partial charge in [-0.15, -0.1) is 0 Å². The van der Waals surface area contributed by atoms with Crippen molar-refractivity contribution in [2.45, 2.75) is 88.9 Å². The highest BCUT2D eigenvalue weighted by Crippen LogP contribution is 2.43. The monoisotopic (exact) mass is 614 g/mol. The van der Waals surface area contributed by atoms with Crippen molar-refractivity contribution in [1.29, 1.82) is 0 Å². The Balaban J connectivity index is 1.13. The maximum absolute atomic E-state index is 15.4. The molecule has 0 atom stereocenters. The lowest BCUT2D eigenvalue weighted by molar-refractivity contribution is 0.306. The molecule has 0 radical (unpaired) electrons. The highest BCUT2D eigenvalue weighted by atomic mass is 19.2.